The van der Waals surface area contributed by atoms with Gasteiger partial charge in [-0.25, -0.2) is 0 Å². The number of nitrogens with one attached hydrogen (secondary N) is 2. The number of carbonyl (C=O) groups is 1. The zero-order valence-corrected chi connectivity index (χ0v) is 12.7. The summed E-state index contributed by atoms with van der Waals surface area (Å²) in [6.07, 6.45) is 1.74. The molecular weight excluding hydrogens is 290 g/mol. The normalized spacial score (nSPS) is 10.5. The summed E-state index contributed by atoms with van der Waals surface area (Å²) < 4.78 is 4.80. The first-order chi connectivity index (χ1) is 11.3. The standard InChI is InChI=1S/C18H17N3O2/c1-23-12-18(22)20-16-7-5-13(6-8-16)14-3-2-4-15(11-14)17-9-10-19-21-17/h2-11H,12H2,1H3,(H,19,21)(H,20,22). The van der Waals surface area contributed by atoms with Gasteiger partial charge in [-0.1, -0.05) is 30.3 Å². The van der Waals surface area contributed by atoms with E-state index in [-0.39, 0.29) is 12.5 Å². The molecule has 0 spiro atoms. The summed E-state index contributed by atoms with van der Waals surface area (Å²) in [7, 11) is 1.50. The predicted molar refractivity (Wildman–Crippen MR) is 90.0 cm³/mol. The lowest BCUT2D eigenvalue weighted by atomic mass is 10.0. The molecule has 1 amide bonds. The Kier molecular flexibility index (Phi) is 4.49. The number of anilines is 1. The Bertz CT molecular complexity index is 780. The second kappa shape index (κ2) is 6.89. The van der Waals surface area contributed by atoms with Crippen LogP contribution in [0.15, 0.2) is 60.8 Å². The average molecular weight is 307 g/mol. The van der Waals surface area contributed by atoms with Gasteiger partial charge >= 0.3 is 0 Å². The van der Waals surface area contributed by atoms with E-state index in [2.05, 4.69) is 27.6 Å². The number of carbonyl (C=O) groups excluding carboxylic acids is 1. The molecule has 0 unspecified atom stereocenters. The monoisotopic (exact) mass is 307 g/mol. The van der Waals surface area contributed by atoms with E-state index in [0.717, 1.165) is 28.1 Å². The van der Waals surface area contributed by atoms with Gasteiger partial charge in [-0.15, -0.1) is 0 Å². The van der Waals surface area contributed by atoms with Crippen molar-refractivity contribution in [3.8, 4) is 22.4 Å². The molecule has 0 aliphatic heterocycles. The lowest BCUT2D eigenvalue weighted by molar-refractivity contribution is -0.119. The molecular formula is C18H17N3O2. The van der Waals surface area contributed by atoms with E-state index in [1.54, 1.807) is 6.20 Å². The van der Waals surface area contributed by atoms with Gasteiger partial charge in [-0.2, -0.15) is 5.10 Å². The number of H-pyrrole nitrogens is 1. The minimum Gasteiger partial charge on any atom is -0.375 e. The fraction of sp³-hybridized carbons (Fsp3) is 0.111. The van der Waals surface area contributed by atoms with Gasteiger partial charge in [0.25, 0.3) is 0 Å². The van der Waals surface area contributed by atoms with Crippen molar-refractivity contribution in [1.29, 1.82) is 0 Å². The van der Waals surface area contributed by atoms with Crippen molar-refractivity contribution in [3.63, 3.8) is 0 Å². The Morgan fingerprint density at radius 3 is 2.57 bits per heavy atom. The number of ether oxygens (including phenoxy) is 1. The van der Waals surface area contributed by atoms with Crippen LogP contribution in [0.1, 0.15) is 0 Å². The van der Waals surface area contributed by atoms with Crippen molar-refractivity contribution in [2.45, 2.75) is 0 Å². The summed E-state index contributed by atoms with van der Waals surface area (Å²) in [5.74, 6) is -0.165. The number of rotatable bonds is 5. The largest absolute Gasteiger partial charge is 0.375 e. The number of benzene rings is 2. The highest BCUT2D eigenvalue weighted by Gasteiger charge is 2.04. The fourth-order valence-corrected chi connectivity index (χ4v) is 2.36. The Hall–Kier alpha value is -2.92. The highest BCUT2D eigenvalue weighted by molar-refractivity contribution is 5.92. The van der Waals surface area contributed by atoms with Gasteiger partial charge in [-0.3, -0.25) is 9.89 Å². The van der Waals surface area contributed by atoms with Gasteiger partial charge in [0, 0.05) is 24.6 Å². The second-order valence-corrected chi connectivity index (χ2v) is 5.11. The quantitative estimate of drug-likeness (QED) is 0.760. The first-order valence-electron chi connectivity index (χ1n) is 7.25. The van der Waals surface area contributed by atoms with Crippen LogP contribution in [0, 0.1) is 0 Å². The number of methoxy groups -OCH3 is 1. The molecule has 1 aromatic heterocycles. The van der Waals surface area contributed by atoms with Crippen LogP contribution in [-0.2, 0) is 9.53 Å². The van der Waals surface area contributed by atoms with Crippen molar-refractivity contribution < 1.29 is 9.53 Å². The molecule has 116 valence electrons. The second-order valence-electron chi connectivity index (χ2n) is 5.11. The first kappa shape index (κ1) is 15.0. The van der Waals surface area contributed by atoms with E-state index in [0.29, 0.717) is 0 Å². The van der Waals surface area contributed by atoms with E-state index < -0.39 is 0 Å². The summed E-state index contributed by atoms with van der Waals surface area (Å²) in [5.41, 5.74) is 5.00. The molecule has 0 saturated heterocycles. The average Bonchev–Trinajstić information content (AvgIpc) is 3.10. The molecule has 0 fully saturated rings. The highest BCUT2D eigenvalue weighted by Crippen LogP contribution is 2.26. The Morgan fingerprint density at radius 1 is 1.09 bits per heavy atom. The Labute approximate surface area is 134 Å². The zero-order chi connectivity index (χ0) is 16.1. The van der Waals surface area contributed by atoms with Crippen LogP contribution in [0.3, 0.4) is 0 Å². The van der Waals surface area contributed by atoms with Crippen LogP contribution in [0.2, 0.25) is 0 Å². The lowest BCUT2D eigenvalue weighted by Crippen LogP contribution is -2.16. The number of aromatic amines is 1. The molecule has 3 rings (SSSR count). The molecule has 5 nitrogen and oxygen atoms in total. The third-order valence-corrected chi connectivity index (χ3v) is 3.45. The van der Waals surface area contributed by atoms with Gasteiger partial charge in [0.1, 0.15) is 6.61 Å². The van der Waals surface area contributed by atoms with Crippen LogP contribution >= 0.6 is 0 Å². The summed E-state index contributed by atoms with van der Waals surface area (Å²) >= 11 is 0. The minimum absolute atomic E-state index is 0.0496. The summed E-state index contributed by atoms with van der Waals surface area (Å²) in [6.45, 7) is 0.0496. The molecule has 0 aliphatic carbocycles. The van der Waals surface area contributed by atoms with E-state index in [4.69, 9.17) is 4.74 Å². The van der Waals surface area contributed by atoms with Crippen molar-refractivity contribution in [3.05, 3.63) is 60.8 Å². The maximum absolute atomic E-state index is 11.5. The van der Waals surface area contributed by atoms with Crippen LogP contribution in [0.5, 0.6) is 0 Å². The van der Waals surface area contributed by atoms with Crippen molar-refractivity contribution in [1.82, 2.24) is 10.2 Å². The van der Waals surface area contributed by atoms with E-state index in [1.807, 2.05) is 42.5 Å². The van der Waals surface area contributed by atoms with Gasteiger partial charge in [0.2, 0.25) is 5.91 Å². The maximum Gasteiger partial charge on any atom is 0.250 e. The molecule has 2 aromatic carbocycles. The van der Waals surface area contributed by atoms with Crippen molar-refractivity contribution >= 4 is 11.6 Å². The number of hydrogen-bond acceptors (Lipinski definition) is 3. The topological polar surface area (TPSA) is 67.0 Å². The van der Waals surface area contributed by atoms with Crippen molar-refractivity contribution in [2.24, 2.45) is 0 Å². The number of amides is 1. The third-order valence-electron chi connectivity index (χ3n) is 3.45. The number of aromatic nitrogens is 2. The molecule has 0 radical (unpaired) electrons. The SMILES string of the molecule is COCC(=O)Nc1ccc(-c2cccc(-c3ccn[nH]3)c2)cc1. The van der Waals surface area contributed by atoms with E-state index >= 15 is 0 Å². The molecule has 0 atom stereocenters. The fourth-order valence-electron chi connectivity index (χ4n) is 2.36. The lowest BCUT2D eigenvalue weighted by Gasteiger charge is -2.07. The van der Waals surface area contributed by atoms with Gasteiger partial charge < -0.3 is 10.1 Å². The van der Waals surface area contributed by atoms with Crippen LogP contribution < -0.4 is 5.32 Å². The summed E-state index contributed by atoms with van der Waals surface area (Å²) in [6, 6.07) is 17.9. The Balaban J connectivity index is 1.80. The smallest absolute Gasteiger partial charge is 0.250 e. The number of hydrogen-bond donors (Lipinski definition) is 2. The van der Waals surface area contributed by atoms with Crippen LogP contribution in [-0.4, -0.2) is 29.8 Å². The molecule has 0 saturated carbocycles. The third kappa shape index (κ3) is 3.64. The molecule has 1 heterocycles. The molecule has 5 heteroatoms. The summed E-state index contributed by atoms with van der Waals surface area (Å²) in [5, 5.41) is 9.72. The summed E-state index contributed by atoms with van der Waals surface area (Å²) in [4.78, 5) is 11.5. The van der Waals surface area contributed by atoms with E-state index in [1.165, 1.54) is 7.11 Å². The minimum atomic E-state index is -0.165. The number of nitrogens with zero attached hydrogens (tertiary/aromatic N) is 1. The molecule has 0 aliphatic rings. The van der Waals surface area contributed by atoms with Crippen molar-refractivity contribution in [2.75, 3.05) is 19.0 Å². The van der Waals surface area contributed by atoms with Crippen LogP contribution in [0.25, 0.3) is 22.4 Å². The molecule has 2 N–H and O–H groups in total. The van der Waals surface area contributed by atoms with Gasteiger partial charge in [0.05, 0.1) is 5.69 Å². The van der Waals surface area contributed by atoms with Crippen LogP contribution in [0.4, 0.5) is 5.69 Å². The molecule has 3 aromatic rings. The first-order valence-corrected chi connectivity index (χ1v) is 7.25. The molecule has 0 bridgehead atoms. The van der Waals surface area contributed by atoms with Gasteiger partial charge in [-0.05, 0) is 35.4 Å². The van der Waals surface area contributed by atoms with Gasteiger partial charge in [0.15, 0.2) is 0 Å². The zero-order valence-electron chi connectivity index (χ0n) is 12.7. The van der Waals surface area contributed by atoms with E-state index in [9.17, 15) is 4.79 Å². The molecule has 23 heavy (non-hydrogen) atoms. The Morgan fingerprint density at radius 2 is 1.87 bits per heavy atom. The predicted octanol–water partition coefficient (Wildman–Crippen LogP) is 3.33. The highest BCUT2D eigenvalue weighted by atomic mass is 16.5. The maximum atomic E-state index is 11.5.